The lowest BCUT2D eigenvalue weighted by atomic mass is 9.91. The van der Waals surface area contributed by atoms with Crippen LogP contribution in [0.25, 0.3) is 0 Å². The quantitative estimate of drug-likeness (QED) is 0.838. The number of hydrogen-bond donors (Lipinski definition) is 1. The molecule has 2 rings (SSSR count). The van der Waals surface area contributed by atoms with E-state index in [0.29, 0.717) is 12.0 Å². The molecule has 0 spiro atoms. The molecule has 0 saturated heterocycles. The van der Waals surface area contributed by atoms with Gasteiger partial charge < -0.3 is 9.88 Å². The molecule has 0 aliphatic heterocycles. The number of rotatable bonds is 7. The van der Waals surface area contributed by atoms with Crippen molar-refractivity contribution in [3.05, 3.63) is 54.1 Å². The molecule has 1 N–H and O–H groups in total. The number of aryl methyl sites for hydroxylation is 1. The highest BCUT2D eigenvalue weighted by atomic mass is 15.1. The van der Waals surface area contributed by atoms with Crippen LogP contribution in [-0.4, -0.2) is 22.6 Å². The molecule has 3 nitrogen and oxygen atoms in total. The number of likely N-dealkylation sites (N-methyl/N-ethyl adjacent to an activating group) is 1. The normalized spacial score (nSPS) is 14.2. The molecule has 2 unspecified atom stereocenters. The SMILES string of the molecule is CCCn1ccnc1CC(NC)C(C)c1ccccc1. The zero-order chi connectivity index (χ0) is 14.4. The van der Waals surface area contributed by atoms with Gasteiger partial charge in [-0.2, -0.15) is 0 Å². The lowest BCUT2D eigenvalue weighted by Gasteiger charge is -2.24. The van der Waals surface area contributed by atoms with Crippen LogP contribution in [-0.2, 0) is 13.0 Å². The van der Waals surface area contributed by atoms with Gasteiger partial charge in [0.25, 0.3) is 0 Å². The summed E-state index contributed by atoms with van der Waals surface area (Å²) in [6, 6.07) is 11.1. The smallest absolute Gasteiger partial charge is 0.110 e. The van der Waals surface area contributed by atoms with Crippen molar-refractivity contribution < 1.29 is 0 Å². The summed E-state index contributed by atoms with van der Waals surface area (Å²) in [5.41, 5.74) is 1.38. The molecule has 108 valence electrons. The van der Waals surface area contributed by atoms with E-state index in [1.54, 1.807) is 0 Å². The summed E-state index contributed by atoms with van der Waals surface area (Å²) in [7, 11) is 2.04. The fraction of sp³-hybridized carbons (Fsp3) is 0.471. The van der Waals surface area contributed by atoms with Crippen LogP contribution < -0.4 is 5.32 Å². The Morgan fingerprint density at radius 2 is 2.00 bits per heavy atom. The highest BCUT2D eigenvalue weighted by Crippen LogP contribution is 2.21. The largest absolute Gasteiger partial charge is 0.335 e. The Labute approximate surface area is 122 Å². The van der Waals surface area contributed by atoms with Crippen LogP contribution in [0.15, 0.2) is 42.7 Å². The van der Waals surface area contributed by atoms with Gasteiger partial charge in [0.05, 0.1) is 0 Å². The van der Waals surface area contributed by atoms with E-state index in [1.807, 2.05) is 13.2 Å². The predicted octanol–water partition coefficient (Wildman–Crippen LogP) is 3.23. The first-order valence-corrected chi connectivity index (χ1v) is 7.48. The first kappa shape index (κ1) is 14.8. The molecule has 0 amide bonds. The second-order valence-electron chi connectivity index (χ2n) is 5.34. The summed E-state index contributed by atoms with van der Waals surface area (Å²) in [6.07, 6.45) is 6.09. The lowest BCUT2D eigenvalue weighted by molar-refractivity contribution is 0.462. The van der Waals surface area contributed by atoms with Gasteiger partial charge in [-0.05, 0) is 24.9 Å². The minimum absolute atomic E-state index is 0.399. The molecule has 1 aromatic carbocycles. The Morgan fingerprint density at radius 3 is 2.65 bits per heavy atom. The molecule has 0 saturated carbocycles. The summed E-state index contributed by atoms with van der Waals surface area (Å²) in [5.74, 6) is 1.64. The zero-order valence-corrected chi connectivity index (χ0v) is 12.7. The van der Waals surface area contributed by atoms with Crippen molar-refractivity contribution in [3.63, 3.8) is 0 Å². The molecule has 0 bridgehead atoms. The maximum Gasteiger partial charge on any atom is 0.110 e. The Kier molecular flexibility index (Phi) is 5.36. The minimum Gasteiger partial charge on any atom is -0.335 e. The third-order valence-corrected chi connectivity index (χ3v) is 3.97. The first-order chi connectivity index (χ1) is 9.76. The molecular weight excluding hydrogens is 246 g/mol. The van der Waals surface area contributed by atoms with Crippen molar-refractivity contribution in [2.45, 2.75) is 45.2 Å². The number of nitrogens with zero attached hydrogens (tertiary/aromatic N) is 2. The standard InChI is InChI=1S/C17H25N3/c1-4-11-20-12-10-19-17(20)13-16(18-3)14(2)15-8-6-5-7-9-15/h5-10,12,14,16,18H,4,11,13H2,1-3H3. The number of aromatic nitrogens is 2. The van der Waals surface area contributed by atoms with Crippen molar-refractivity contribution in [2.24, 2.45) is 0 Å². The molecular formula is C17H25N3. The second kappa shape index (κ2) is 7.25. The third-order valence-electron chi connectivity index (χ3n) is 3.97. The van der Waals surface area contributed by atoms with Gasteiger partial charge in [0, 0.05) is 31.4 Å². The molecule has 2 atom stereocenters. The van der Waals surface area contributed by atoms with Crippen LogP contribution in [0.1, 0.15) is 37.6 Å². The Morgan fingerprint density at radius 1 is 1.25 bits per heavy atom. The maximum atomic E-state index is 4.52. The number of hydrogen-bond acceptors (Lipinski definition) is 2. The van der Waals surface area contributed by atoms with E-state index >= 15 is 0 Å². The third kappa shape index (κ3) is 3.48. The maximum absolute atomic E-state index is 4.52. The van der Waals surface area contributed by atoms with Crippen molar-refractivity contribution in [3.8, 4) is 0 Å². The fourth-order valence-corrected chi connectivity index (χ4v) is 2.69. The highest BCUT2D eigenvalue weighted by molar-refractivity contribution is 5.21. The molecule has 0 aliphatic rings. The molecule has 3 heteroatoms. The van der Waals surface area contributed by atoms with E-state index < -0.39 is 0 Å². The average Bonchev–Trinajstić information content (AvgIpc) is 2.92. The molecule has 1 aromatic heterocycles. The van der Waals surface area contributed by atoms with Gasteiger partial charge in [0.1, 0.15) is 5.82 Å². The highest BCUT2D eigenvalue weighted by Gasteiger charge is 2.19. The molecule has 1 heterocycles. The summed E-state index contributed by atoms with van der Waals surface area (Å²) < 4.78 is 2.27. The Balaban J connectivity index is 2.10. The van der Waals surface area contributed by atoms with Crippen LogP contribution in [0.4, 0.5) is 0 Å². The van der Waals surface area contributed by atoms with Gasteiger partial charge in [-0.3, -0.25) is 0 Å². The monoisotopic (exact) mass is 271 g/mol. The van der Waals surface area contributed by atoms with Gasteiger partial charge >= 0.3 is 0 Å². The van der Waals surface area contributed by atoms with E-state index in [4.69, 9.17) is 0 Å². The average molecular weight is 271 g/mol. The topological polar surface area (TPSA) is 29.9 Å². The van der Waals surface area contributed by atoms with E-state index in [-0.39, 0.29) is 0 Å². The van der Waals surface area contributed by atoms with Crippen LogP contribution in [0.5, 0.6) is 0 Å². The first-order valence-electron chi connectivity index (χ1n) is 7.48. The van der Waals surface area contributed by atoms with Crippen LogP contribution in [0.2, 0.25) is 0 Å². The number of benzene rings is 1. The van der Waals surface area contributed by atoms with Gasteiger partial charge in [0.15, 0.2) is 0 Å². The number of imidazole rings is 1. The zero-order valence-electron chi connectivity index (χ0n) is 12.7. The van der Waals surface area contributed by atoms with Gasteiger partial charge in [-0.25, -0.2) is 4.98 Å². The fourth-order valence-electron chi connectivity index (χ4n) is 2.69. The van der Waals surface area contributed by atoms with Gasteiger partial charge in [0.2, 0.25) is 0 Å². The number of nitrogens with one attached hydrogen (secondary N) is 1. The van der Waals surface area contributed by atoms with Gasteiger partial charge in [-0.15, -0.1) is 0 Å². The molecule has 0 aliphatic carbocycles. The van der Waals surface area contributed by atoms with Crippen molar-refractivity contribution in [1.29, 1.82) is 0 Å². The van der Waals surface area contributed by atoms with Crippen LogP contribution in [0.3, 0.4) is 0 Å². The summed E-state index contributed by atoms with van der Waals surface area (Å²) in [6.45, 7) is 5.53. The molecule has 2 aromatic rings. The van der Waals surface area contributed by atoms with E-state index in [9.17, 15) is 0 Å². The lowest BCUT2D eigenvalue weighted by Crippen LogP contribution is -2.34. The summed E-state index contributed by atoms with van der Waals surface area (Å²) in [4.78, 5) is 4.52. The summed E-state index contributed by atoms with van der Waals surface area (Å²) in [5, 5.41) is 3.45. The summed E-state index contributed by atoms with van der Waals surface area (Å²) >= 11 is 0. The van der Waals surface area contributed by atoms with E-state index in [2.05, 4.69) is 65.2 Å². The van der Waals surface area contributed by atoms with Crippen LogP contribution >= 0.6 is 0 Å². The molecule has 20 heavy (non-hydrogen) atoms. The second-order valence-corrected chi connectivity index (χ2v) is 5.34. The minimum atomic E-state index is 0.399. The van der Waals surface area contributed by atoms with E-state index in [1.165, 1.54) is 11.4 Å². The molecule has 0 fully saturated rings. The van der Waals surface area contributed by atoms with Crippen LogP contribution in [0, 0.1) is 0 Å². The Bertz CT molecular complexity index is 504. The van der Waals surface area contributed by atoms with E-state index in [0.717, 1.165) is 19.4 Å². The van der Waals surface area contributed by atoms with Gasteiger partial charge in [-0.1, -0.05) is 44.2 Å². The molecule has 0 radical (unpaired) electrons. The van der Waals surface area contributed by atoms with Crippen molar-refractivity contribution >= 4 is 0 Å². The predicted molar refractivity (Wildman–Crippen MR) is 83.9 cm³/mol. The Hall–Kier alpha value is -1.61. The van der Waals surface area contributed by atoms with Crippen molar-refractivity contribution in [1.82, 2.24) is 14.9 Å². The van der Waals surface area contributed by atoms with Crippen molar-refractivity contribution in [2.75, 3.05) is 7.05 Å².